The van der Waals surface area contributed by atoms with Crippen molar-refractivity contribution in [3.8, 4) is 0 Å². The van der Waals surface area contributed by atoms with Crippen molar-refractivity contribution in [2.45, 2.75) is 64.8 Å². The molecule has 2 heterocycles. The summed E-state index contributed by atoms with van der Waals surface area (Å²) in [6.45, 7) is 4.84. The Kier molecular flexibility index (Phi) is 4.45. The van der Waals surface area contributed by atoms with Gasteiger partial charge in [0.05, 0.1) is 22.4 Å². The normalized spacial score (nSPS) is 21.8. The molecule has 1 saturated heterocycles. The standard InChI is InChI=1S/C21H27N3O/c1-14-15(2)23-19-13-17(10-11-18(19)22-14)21(25)24-12-6-9-20(24)16-7-4-3-5-8-16/h10-11,13,16,20H,3-9,12H2,1-2H3/t20-/m1/s1. The SMILES string of the molecule is Cc1nc2ccc(C(=O)N3CCC[C@@H]3C3CCCCC3)cc2nc1C. The van der Waals surface area contributed by atoms with E-state index in [4.69, 9.17) is 0 Å². The third kappa shape index (κ3) is 3.14. The molecule has 1 amide bonds. The zero-order valence-corrected chi connectivity index (χ0v) is 15.3. The fourth-order valence-corrected chi connectivity index (χ4v) is 4.58. The molecule has 25 heavy (non-hydrogen) atoms. The number of carbonyl (C=O) groups is 1. The number of hydrogen-bond donors (Lipinski definition) is 0. The molecule has 2 aliphatic rings. The van der Waals surface area contributed by atoms with Crippen LogP contribution in [0.2, 0.25) is 0 Å². The summed E-state index contributed by atoms with van der Waals surface area (Å²) < 4.78 is 0. The lowest BCUT2D eigenvalue weighted by Crippen LogP contribution is -2.40. The van der Waals surface area contributed by atoms with Crippen molar-refractivity contribution in [2.24, 2.45) is 5.92 Å². The summed E-state index contributed by atoms with van der Waals surface area (Å²) in [5.74, 6) is 0.875. The van der Waals surface area contributed by atoms with E-state index in [2.05, 4.69) is 14.9 Å². The summed E-state index contributed by atoms with van der Waals surface area (Å²) in [5.41, 5.74) is 4.32. The van der Waals surface area contributed by atoms with Crippen molar-refractivity contribution in [1.82, 2.24) is 14.9 Å². The van der Waals surface area contributed by atoms with Crippen molar-refractivity contribution in [3.63, 3.8) is 0 Å². The minimum atomic E-state index is 0.176. The maximum absolute atomic E-state index is 13.2. The third-order valence-electron chi connectivity index (χ3n) is 6.08. The Morgan fingerprint density at radius 1 is 0.960 bits per heavy atom. The van der Waals surface area contributed by atoms with Gasteiger partial charge in [0, 0.05) is 18.2 Å². The van der Waals surface area contributed by atoms with Gasteiger partial charge in [-0.15, -0.1) is 0 Å². The second kappa shape index (κ2) is 6.74. The number of aromatic nitrogens is 2. The minimum absolute atomic E-state index is 0.176. The molecule has 1 saturated carbocycles. The maximum atomic E-state index is 13.2. The van der Waals surface area contributed by atoms with Crippen LogP contribution < -0.4 is 0 Å². The Morgan fingerprint density at radius 2 is 1.68 bits per heavy atom. The molecule has 0 bridgehead atoms. The molecular weight excluding hydrogens is 310 g/mol. The van der Waals surface area contributed by atoms with E-state index in [0.29, 0.717) is 12.0 Å². The largest absolute Gasteiger partial charge is 0.335 e. The zero-order chi connectivity index (χ0) is 17.4. The van der Waals surface area contributed by atoms with Crippen LogP contribution in [0.3, 0.4) is 0 Å². The highest BCUT2D eigenvalue weighted by atomic mass is 16.2. The summed E-state index contributed by atoms with van der Waals surface area (Å²) in [5, 5.41) is 0. The monoisotopic (exact) mass is 337 g/mol. The van der Waals surface area contributed by atoms with E-state index in [1.165, 1.54) is 38.5 Å². The van der Waals surface area contributed by atoms with Crippen LogP contribution in [0.15, 0.2) is 18.2 Å². The van der Waals surface area contributed by atoms with Crippen molar-refractivity contribution in [3.05, 3.63) is 35.2 Å². The number of fused-ring (bicyclic) bond motifs is 1. The highest BCUT2D eigenvalue weighted by Crippen LogP contribution is 2.35. The molecule has 1 atom stereocenters. The van der Waals surface area contributed by atoms with Gasteiger partial charge in [-0.3, -0.25) is 4.79 Å². The Hall–Kier alpha value is -1.97. The molecule has 0 N–H and O–H groups in total. The van der Waals surface area contributed by atoms with Crippen molar-refractivity contribution in [2.75, 3.05) is 6.54 Å². The highest BCUT2D eigenvalue weighted by molar-refractivity contribution is 5.97. The molecule has 1 aliphatic carbocycles. The first-order chi connectivity index (χ1) is 12.1. The lowest BCUT2D eigenvalue weighted by atomic mass is 9.83. The summed E-state index contributed by atoms with van der Waals surface area (Å²) in [6, 6.07) is 6.22. The zero-order valence-electron chi connectivity index (χ0n) is 15.3. The Balaban J connectivity index is 1.61. The van der Waals surface area contributed by atoms with Gasteiger partial charge in [-0.2, -0.15) is 0 Å². The van der Waals surface area contributed by atoms with Crippen LogP contribution in [0.5, 0.6) is 0 Å². The number of hydrogen-bond acceptors (Lipinski definition) is 3. The molecule has 4 heteroatoms. The van der Waals surface area contributed by atoms with Crippen LogP contribution >= 0.6 is 0 Å². The summed E-state index contributed by atoms with van der Waals surface area (Å²) in [7, 11) is 0. The molecule has 1 aliphatic heterocycles. The molecule has 2 aromatic rings. The molecule has 132 valence electrons. The van der Waals surface area contributed by atoms with Gasteiger partial charge in [0.2, 0.25) is 0 Å². The Labute approximate surface area is 149 Å². The minimum Gasteiger partial charge on any atom is -0.335 e. The number of aryl methyl sites for hydroxylation is 2. The first-order valence-electron chi connectivity index (χ1n) is 9.69. The number of nitrogens with zero attached hydrogens (tertiary/aromatic N) is 3. The molecule has 1 aromatic carbocycles. The van der Waals surface area contributed by atoms with Gasteiger partial charge < -0.3 is 4.90 Å². The summed E-state index contributed by atoms with van der Waals surface area (Å²) in [4.78, 5) is 24.5. The van der Waals surface area contributed by atoms with Crippen molar-refractivity contribution >= 4 is 16.9 Å². The van der Waals surface area contributed by atoms with Gasteiger partial charge in [-0.05, 0) is 63.6 Å². The van der Waals surface area contributed by atoms with Crippen LogP contribution in [0.4, 0.5) is 0 Å². The average Bonchev–Trinajstić information content (AvgIpc) is 3.12. The van der Waals surface area contributed by atoms with Crippen LogP contribution in [0.25, 0.3) is 11.0 Å². The predicted octanol–water partition coefficient (Wildman–Crippen LogP) is 4.43. The molecule has 1 aromatic heterocycles. The number of amides is 1. The van der Waals surface area contributed by atoms with E-state index < -0.39 is 0 Å². The van der Waals surface area contributed by atoms with E-state index in [9.17, 15) is 4.79 Å². The van der Waals surface area contributed by atoms with Crippen LogP contribution in [-0.4, -0.2) is 33.4 Å². The van der Waals surface area contributed by atoms with Gasteiger partial charge in [0.25, 0.3) is 5.91 Å². The summed E-state index contributed by atoms with van der Waals surface area (Å²) >= 11 is 0. The molecule has 4 nitrogen and oxygen atoms in total. The Bertz CT molecular complexity index is 795. The van der Waals surface area contributed by atoms with E-state index in [0.717, 1.165) is 41.0 Å². The quantitative estimate of drug-likeness (QED) is 0.814. The second-order valence-electron chi connectivity index (χ2n) is 7.70. The van der Waals surface area contributed by atoms with Crippen LogP contribution in [0.1, 0.15) is 66.7 Å². The van der Waals surface area contributed by atoms with E-state index in [-0.39, 0.29) is 5.91 Å². The van der Waals surface area contributed by atoms with Crippen LogP contribution in [-0.2, 0) is 0 Å². The van der Waals surface area contributed by atoms with Gasteiger partial charge in [-0.25, -0.2) is 9.97 Å². The Morgan fingerprint density at radius 3 is 2.44 bits per heavy atom. The first kappa shape index (κ1) is 16.5. The van der Waals surface area contributed by atoms with Gasteiger partial charge in [0.1, 0.15) is 0 Å². The van der Waals surface area contributed by atoms with E-state index in [1.54, 1.807) is 0 Å². The lowest BCUT2D eigenvalue weighted by Gasteiger charge is -2.34. The number of benzene rings is 1. The smallest absolute Gasteiger partial charge is 0.254 e. The second-order valence-corrected chi connectivity index (χ2v) is 7.70. The summed E-state index contributed by atoms with van der Waals surface area (Å²) in [6.07, 6.45) is 8.90. The topological polar surface area (TPSA) is 46.1 Å². The van der Waals surface area contributed by atoms with E-state index >= 15 is 0 Å². The molecular formula is C21H27N3O. The van der Waals surface area contributed by atoms with Gasteiger partial charge in [0.15, 0.2) is 0 Å². The molecule has 2 fully saturated rings. The maximum Gasteiger partial charge on any atom is 0.254 e. The highest BCUT2D eigenvalue weighted by Gasteiger charge is 2.35. The van der Waals surface area contributed by atoms with Crippen molar-refractivity contribution < 1.29 is 4.79 Å². The predicted molar refractivity (Wildman–Crippen MR) is 99.6 cm³/mol. The third-order valence-corrected chi connectivity index (χ3v) is 6.08. The van der Waals surface area contributed by atoms with Gasteiger partial charge in [-0.1, -0.05) is 19.3 Å². The number of likely N-dealkylation sites (tertiary alicyclic amines) is 1. The molecule has 0 spiro atoms. The fraction of sp³-hybridized carbons (Fsp3) is 0.571. The van der Waals surface area contributed by atoms with Crippen LogP contribution in [0, 0.1) is 19.8 Å². The molecule has 0 unspecified atom stereocenters. The molecule has 0 radical (unpaired) electrons. The lowest BCUT2D eigenvalue weighted by molar-refractivity contribution is 0.0661. The van der Waals surface area contributed by atoms with E-state index in [1.807, 2.05) is 32.0 Å². The first-order valence-corrected chi connectivity index (χ1v) is 9.69. The number of rotatable bonds is 2. The number of carbonyl (C=O) groups excluding carboxylic acids is 1. The molecule has 4 rings (SSSR count). The average molecular weight is 337 g/mol. The fourth-order valence-electron chi connectivity index (χ4n) is 4.58. The van der Waals surface area contributed by atoms with Gasteiger partial charge >= 0.3 is 0 Å². The van der Waals surface area contributed by atoms with Crippen molar-refractivity contribution in [1.29, 1.82) is 0 Å².